The average molecular weight is 475 g/mol. The second-order valence-corrected chi connectivity index (χ2v) is 11.3. The topological polar surface area (TPSA) is 44.8 Å². The van der Waals surface area contributed by atoms with Gasteiger partial charge >= 0.3 is 5.97 Å². The highest BCUT2D eigenvalue weighted by molar-refractivity contribution is 8.20. The first kappa shape index (κ1) is 22.6. The number of esters is 1. The van der Waals surface area contributed by atoms with Crippen LogP contribution in [0, 0.1) is 13.8 Å². The summed E-state index contributed by atoms with van der Waals surface area (Å²) in [5.74, 6) is 1.17. The van der Waals surface area contributed by atoms with Crippen molar-refractivity contribution < 1.29 is 19.0 Å². The third-order valence-electron chi connectivity index (χ3n) is 6.58. The van der Waals surface area contributed by atoms with Gasteiger partial charge in [0.1, 0.15) is 17.6 Å². The van der Waals surface area contributed by atoms with Crippen LogP contribution < -0.4 is 9.47 Å². The molecule has 3 aromatic rings. The van der Waals surface area contributed by atoms with E-state index in [2.05, 4.69) is 55.5 Å². The molecule has 0 amide bonds. The zero-order valence-corrected chi connectivity index (χ0v) is 20.9. The molecule has 2 unspecified atom stereocenters. The molecule has 0 fully saturated rings. The number of thiol groups is 1. The number of aryl methyl sites for hydroxylation is 3. The monoisotopic (exact) mass is 474 g/mol. The van der Waals surface area contributed by atoms with E-state index in [1.54, 1.807) is 7.11 Å². The summed E-state index contributed by atoms with van der Waals surface area (Å²) in [4.78, 5) is 16.8. The molecule has 5 rings (SSSR count). The van der Waals surface area contributed by atoms with Crippen LogP contribution >= 0.6 is 10.9 Å². The summed E-state index contributed by atoms with van der Waals surface area (Å²) >= 11 is 0. The normalized spacial score (nSPS) is 19.2. The summed E-state index contributed by atoms with van der Waals surface area (Å²) in [6, 6.07) is 19.0. The molecular weight excluding hydrogens is 444 g/mol. The highest BCUT2D eigenvalue weighted by atomic mass is 32.2. The predicted octanol–water partition coefficient (Wildman–Crippen LogP) is 6.72. The summed E-state index contributed by atoms with van der Waals surface area (Å²) in [6.45, 7) is 6.20. The Morgan fingerprint density at radius 1 is 1.03 bits per heavy atom. The zero-order chi connectivity index (χ0) is 23.8. The molecule has 0 saturated carbocycles. The van der Waals surface area contributed by atoms with E-state index in [0.29, 0.717) is 0 Å². The quantitative estimate of drug-likeness (QED) is 0.318. The van der Waals surface area contributed by atoms with Gasteiger partial charge in [-0.1, -0.05) is 30.3 Å². The molecule has 1 heterocycles. The maximum Gasteiger partial charge on any atom is 0.344 e. The number of hydrogen-bond acceptors (Lipinski definition) is 4. The smallest absolute Gasteiger partial charge is 0.344 e. The molecule has 0 N–H and O–H groups in total. The molecule has 0 bridgehead atoms. The number of carbonyl (C=O) groups is 1. The van der Waals surface area contributed by atoms with Crippen molar-refractivity contribution in [2.24, 2.45) is 0 Å². The van der Waals surface area contributed by atoms with Crippen LogP contribution in [0.5, 0.6) is 11.5 Å². The predicted molar refractivity (Wildman–Crippen MR) is 137 cm³/mol. The average Bonchev–Trinajstić information content (AvgIpc) is 3.38. The molecule has 34 heavy (non-hydrogen) atoms. The molecule has 3 aromatic carbocycles. The SMILES string of the molecule is COc1cccc2c1C(OC(=O)COc1c(C)cc([SH]3C(C)=Cc4ccccc43)cc1C)CC2. The highest BCUT2D eigenvalue weighted by Crippen LogP contribution is 2.57. The zero-order valence-electron chi connectivity index (χ0n) is 20.1. The number of allylic oxidation sites excluding steroid dienone is 1. The number of benzene rings is 3. The van der Waals surface area contributed by atoms with Crippen molar-refractivity contribution in [2.45, 2.75) is 49.5 Å². The van der Waals surface area contributed by atoms with E-state index in [1.165, 1.54) is 25.8 Å². The molecule has 2 aliphatic rings. The maximum absolute atomic E-state index is 12.7. The largest absolute Gasteiger partial charge is 0.496 e. The van der Waals surface area contributed by atoms with E-state index in [0.717, 1.165) is 41.0 Å². The highest BCUT2D eigenvalue weighted by Gasteiger charge is 2.29. The Hall–Kier alpha value is -3.18. The van der Waals surface area contributed by atoms with Crippen LogP contribution in [-0.2, 0) is 16.0 Å². The molecule has 176 valence electrons. The van der Waals surface area contributed by atoms with Crippen LogP contribution in [0.2, 0.25) is 0 Å². The van der Waals surface area contributed by atoms with Gasteiger partial charge in [0.2, 0.25) is 0 Å². The lowest BCUT2D eigenvalue weighted by Crippen LogP contribution is -2.18. The van der Waals surface area contributed by atoms with Gasteiger partial charge in [-0.15, -0.1) is 0 Å². The fraction of sp³-hybridized carbons (Fsp3) is 0.276. The van der Waals surface area contributed by atoms with Crippen LogP contribution in [-0.4, -0.2) is 19.7 Å². The van der Waals surface area contributed by atoms with Gasteiger partial charge in [-0.25, -0.2) is 4.79 Å². The van der Waals surface area contributed by atoms with Gasteiger partial charge in [-0.3, -0.25) is 0 Å². The summed E-state index contributed by atoms with van der Waals surface area (Å²) < 4.78 is 17.3. The number of fused-ring (bicyclic) bond motifs is 2. The van der Waals surface area contributed by atoms with Gasteiger partial charge in [0, 0.05) is 10.5 Å². The Morgan fingerprint density at radius 2 is 1.79 bits per heavy atom. The lowest BCUT2D eigenvalue weighted by molar-refractivity contribution is -0.151. The fourth-order valence-electron chi connectivity index (χ4n) is 5.14. The van der Waals surface area contributed by atoms with Crippen LogP contribution in [0.15, 0.2) is 69.3 Å². The molecule has 0 aromatic heterocycles. The summed E-state index contributed by atoms with van der Waals surface area (Å²) in [6.07, 6.45) is 3.66. The van der Waals surface area contributed by atoms with E-state index in [4.69, 9.17) is 14.2 Å². The Labute approximate surface area is 203 Å². The minimum absolute atomic E-state index is 0.113. The standard InChI is InChI=1S/C29H30O4S/c1-18-14-23(34-20(3)16-22-8-5-6-11-26(22)34)15-19(2)29(18)32-17-27(30)33-25-13-12-21-9-7-10-24(31-4)28(21)25/h5-11,14-16,25,34H,12-13,17H2,1-4H3. The van der Waals surface area contributed by atoms with Crippen molar-refractivity contribution in [1.82, 2.24) is 0 Å². The second kappa shape index (κ2) is 9.22. The van der Waals surface area contributed by atoms with Crippen molar-refractivity contribution in [2.75, 3.05) is 13.7 Å². The van der Waals surface area contributed by atoms with E-state index < -0.39 is 10.9 Å². The minimum Gasteiger partial charge on any atom is -0.496 e. The van der Waals surface area contributed by atoms with Gasteiger partial charge in [0.05, 0.1) is 7.11 Å². The van der Waals surface area contributed by atoms with Crippen molar-refractivity contribution in [3.63, 3.8) is 0 Å². The molecule has 4 nitrogen and oxygen atoms in total. The molecule has 5 heteroatoms. The first-order chi connectivity index (χ1) is 16.5. The molecule has 1 aliphatic carbocycles. The first-order valence-corrected chi connectivity index (χ1v) is 13.0. The molecule has 0 radical (unpaired) electrons. The van der Waals surface area contributed by atoms with Crippen molar-refractivity contribution >= 4 is 22.9 Å². The lowest BCUT2D eigenvalue weighted by atomic mass is 10.1. The molecule has 2 atom stereocenters. The number of ether oxygens (including phenoxy) is 3. The van der Waals surface area contributed by atoms with Gasteiger partial charge in [0.15, 0.2) is 6.61 Å². The van der Waals surface area contributed by atoms with Gasteiger partial charge in [0.25, 0.3) is 0 Å². The number of rotatable bonds is 6. The van der Waals surface area contributed by atoms with E-state index in [-0.39, 0.29) is 18.7 Å². The second-order valence-electron chi connectivity index (χ2n) is 8.93. The maximum atomic E-state index is 12.7. The third-order valence-corrected chi connectivity index (χ3v) is 9.08. The molecule has 0 spiro atoms. The molecule has 1 aliphatic heterocycles. The Balaban J connectivity index is 1.29. The van der Waals surface area contributed by atoms with Crippen LogP contribution in [0.1, 0.15) is 47.3 Å². The third kappa shape index (κ3) is 4.09. The molecular formula is C29H30O4S. The van der Waals surface area contributed by atoms with Gasteiger partial charge in [-0.05, 0) is 96.0 Å². The van der Waals surface area contributed by atoms with Gasteiger partial charge in [-0.2, -0.15) is 10.9 Å². The Kier molecular flexibility index (Phi) is 6.13. The van der Waals surface area contributed by atoms with E-state index >= 15 is 0 Å². The lowest BCUT2D eigenvalue weighted by Gasteiger charge is -2.23. The summed E-state index contributed by atoms with van der Waals surface area (Å²) in [5.41, 5.74) is 5.55. The van der Waals surface area contributed by atoms with Crippen LogP contribution in [0.3, 0.4) is 0 Å². The number of methoxy groups -OCH3 is 1. The van der Waals surface area contributed by atoms with Gasteiger partial charge < -0.3 is 14.2 Å². The van der Waals surface area contributed by atoms with Crippen molar-refractivity contribution in [3.05, 3.63) is 87.3 Å². The van der Waals surface area contributed by atoms with E-state index in [1.807, 2.05) is 26.0 Å². The first-order valence-electron chi connectivity index (χ1n) is 11.6. The van der Waals surface area contributed by atoms with Crippen molar-refractivity contribution in [3.8, 4) is 11.5 Å². The van der Waals surface area contributed by atoms with E-state index in [9.17, 15) is 4.79 Å². The minimum atomic E-state index is -0.521. The Morgan fingerprint density at radius 3 is 2.56 bits per heavy atom. The Bertz CT molecular complexity index is 1270. The van der Waals surface area contributed by atoms with Crippen LogP contribution in [0.25, 0.3) is 6.08 Å². The number of hydrogen-bond donors (Lipinski definition) is 1. The molecule has 0 saturated heterocycles. The summed E-state index contributed by atoms with van der Waals surface area (Å²) in [7, 11) is 1.13. The summed E-state index contributed by atoms with van der Waals surface area (Å²) in [5, 5.41) is 0. The number of carbonyl (C=O) groups excluding carboxylic acids is 1. The van der Waals surface area contributed by atoms with Crippen LogP contribution in [0.4, 0.5) is 0 Å². The van der Waals surface area contributed by atoms with Crippen molar-refractivity contribution in [1.29, 1.82) is 0 Å². The fourth-order valence-corrected chi connectivity index (χ4v) is 7.75.